The molecule has 2 heterocycles. The molecule has 6 heteroatoms. The van der Waals surface area contributed by atoms with Gasteiger partial charge in [-0.1, -0.05) is 30.3 Å². The molecule has 0 bridgehead atoms. The number of amides is 3. The van der Waals surface area contributed by atoms with Gasteiger partial charge < -0.3 is 14.7 Å². The molecule has 0 aromatic heterocycles. The summed E-state index contributed by atoms with van der Waals surface area (Å²) in [7, 11) is 0. The van der Waals surface area contributed by atoms with Gasteiger partial charge in [-0.3, -0.25) is 14.4 Å². The molecule has 2 saturated heterocycles. The van der Waals surface area contributed by atoms with E-state index >= 15 is 0 Å². The van der Waals surface area contributed by atoms with Crippen LogP contribution in [0.1, 0.15) is 25.3 Å². The van der Waals surface area contributed by atoms with E-state index in [-0.39, 0.29) is 24.3 Å². The zero-order valence-corrected chi connectivity index (χ0v) is 14.0. The zero-order chi connectivity index (χ0) is 17.1. The number of nitrogens with zero attached hydrogens (tertiary/aromatic N) is 3. The van der Waals surface area contributed by atoms with Crippen molar-refractivity contribution in [3.63, 3.8) is 0 Å². The lowest BCUT2D eigenvalue weighted by atomic mass is 10.1. The highest BCUT2D eigenvalue weighted by Crippen LogP contribution is 2.16. The Labute approximate surface area is 142 Å². The Morgan fingerprint density at radius 3 is 2.42 bits per heavy atom. The lowest BCUT2D eigenvalue weighted by Crippen LogP contribution is -2.59. The molecule has 1 aromatic rings. The lowest BCUT2D eigenvalue weighted by molar-refractivity contribution is -0.156. The van der Waals surface area contributed by atoms with Crippen molar-refractivity contribution < 1.29 is 14.4 Å². The molecule has 24 heavy (non-hydrogen) atoms. The van der Waals surface area contributed by atoms with E-state index in [1.807, 2.05) is 30.3 Å². The summed E-state index contributed by atoms with van der Waals surface area (Å²) < 4.78 is 0. The molecule has 0 radical (unpaired) electrons. The summed E-state index contributed by atoms with van der Waals surface area (Å²) in [6.07, 6.45) is 1.47. The van der Waals surface area contributed by atoms with Gasteiger partial charge >= 0.3 is 0 Å². The molecule has 2 fully saturated rings. The number of hydrogen-bond donors (Lipinski definition) is 0. The first-order chi connectivity index (χ1) is 11.6. The minimum absolute atomic E-state index is 0.0359. The molecule has 1 aromatic carbocycles. The Morgan fingerprint density at radius 1 is 1.00 bits per heavy atom. The number of carbonyl (C=O) groups excluding carboxylic acids is 3. The molecular weight excluding hydrogens is 306 g/mol. The van der Waals surface area contributed by atoms with Gasteiger partial charge in [-0.15, -0.1) is 0 Å². The van der Waals surface area contributed by atoms with Crippen LogP contribution >= 0.6 is 0 Å². The molecule has 128 valence electrons. The van der Waals surface area contributed by atoms with E-state index in [1.165, 1.54) is 0 Å². The molecule has 0 aliphatic carbocycles. The fraction of sp³-hybridized carbons (Fsp3) is 0.500. The summed E-state index contributed by atoms with van der Waals surface area (Å²) in [4.78, 5) is 41.7. The normalized spacial score (nSPS) is 21.8. The van der Waals surface area contributed by atoms with Crippen LogP contribution in [0.3, 0.4) is 0 Å². The van der Waals surface area contributed by atoms with Crippen molar-refractivity contribution in [2.45, 2.75) is 32.4 Å². The number of hydrogen-bond acceptors (Lipinski definition) is 3. The minimum Gasteiger partial charge on any atom is -0.341 e. The Morgan fingerprint density at radius 2 is 1.75 bits per heavy atom. The number of carbonyl (C=O) groups is 3. The van der Waals surface area contributed by atoms with Crippen molar-refractivity contribution in [3.8, 4) is 0 Å². The number of rotatable bonds is 5. The van der Waals surface area contributed by atoms with Crippen LogP contribution in [0.5, 0.6) is 0 Å². The fourth-order valence-corrected chi connectivity index (χ4v) is 3.37. The number of piperazine rings is 1. The van der Waals surface area contributed by atoms with Crippen LogP contribution in [-0.4, -0.2) is 64.6 Å². The minimum atomic E-state index is -0.479. The molecule has 3 amide bonds. The average Bonchev–Trinajstić information content (AvgIpc) is 2.98. The lowest BCUT2D eigenvalue weighted by Gasteiger charge is -2.39. The van der Waals surface area contributed by atoms with Gasteiger partial charge in [0.05, 0.1) is 0 Å². The summed E-state index contributed by atoms with van der Waals surface area (Å²) in [5.74, 6) is 0.0556. The molecule has 0 unspecified atom stereocenters. The molecule has 2 aliphatic heterocycles. The molecule has 0 N–H and O–H groups in total. The molecule has 2 aliphatic rings. The third-order valence-corrected chi connectivity index (χ3v) is 4.78. The highest BCUT2D eigenvalue weighted by molar-refractivity contribution is 5.94. The van der Waals surface area contributed by atoms with E-state index in [9.17, 15) is 14.4 Å². The van der Waals surface area contributed by atoms with Crippen LogP contribution in [0.4, 0.5) is 0 Å². The van der Waals surface area contributed by atoms with Crippen LogP contribution in [0.2, 0.25) is 0 Å². The summed E-state index contributed by atoms with van der Waals surface area (Å²) in [6.45, 7) is 4.02. The third kappa shape index (κ3) is 3.42. The molecule has 0 spiro atoms. The van der Waals surface area contributed by atoms with Crippen LogP contribution in [-0.2, 0) is 20.9 Å². The van der Waals surface area contributed by atoms with Crippen molar-refractivity contribution in [3.05, 3.63) is 35.9 Å². The highest BCUT2D eigenvalue weighted by atomic mass is 16.2. The molecule has 1 atom stereocenters. The predicted molar refractivity (Wildman–Crippen MR) is 88.8 cm³/mol. The quantitative estimate of drug-likeness (QED) is 0.805. The molecular formula is C18H23N3O3. The van der Waals surface area contributed by atoms with Crippen molar-refractivity contribution in [1.29, 1.82) is 0 Å². The maximum Gasteiger partial charge on any atom is 0.245 e. The molecule has 0 saturated carbocycles. The van der Waals surface area contributed by atoms with Crippen LogP contribution < -0.4 is 0 Å². The SMILES string of the molecule is C[C@@H]1C(=O)N(Cc2ccccc2)CC(=O)N1CCN1CCCC1=O. The molecule has 3 rings (SSSR count). The molecule has 6 nitrogen and oxygen atoms in total. The van der Waals surface area contributed by atoms with Crippen molar-refractivity contribution in [2.75, 3.05) is 26.2 Å². The van der Waals surface area contributed by atoms with E-state index in [0.717, 1.165) is 18.5 Å². The van der Waals surface area contributed by atoms with E-state index in [2.05, 4.69) is 0 Å². The monoisotopic (exact) mass is 329 g/mol. The van der Waals surface area contributed by atoms with Crippen molar-refractivity contribution >= 4 is 17.7 Å². The van der Waals surface area contributed by atoms with Gasteiger partial charge in [0.1, 0.15) is 12.6 Å². The number of benzene rings is 1. The first kappa shape index (κ1) is 16.5. The smallest absolute Gasteiger partial charge is 0.245 e. The zero-order valence-electron chi connectivity index (χ0n) is 14.0. The Balaban J connectivity index is 1.60. The number of likely N-dealkylation sites (tertiary alicyclic amines) is 1. The predicted octanol–water partition coefficient (Wildman–Crippen LogP) is 0.868. The van der Waals surface area contributed by atoms with Crippen molar-refractivity contribution in [2.24, 2.45) is 0 Å². The van der Waals surface area contributed by atoms with Gasteiger partial charge in [0.25, 0.3) is 0 Å². The van der Waals surface area contributed by atoms with Gasteiger partial charge in [0.2, 0.25) is 17.7 Å². The Kier molecular flexibility index (Phi) is 4.83. The van der Waals surface area contributed by atoms with Crippen molar-refractivity contribution in [1.82, 2.24) is 14.7 Å². The van der Waals surface area contributed by atoms with E-state index < -0.39 is 6.04 Å². The summed E-state index contributed by atoms with van der Waals surface area (Å²) in [5.41, 5.74) is 1.02. The average molecular weight is 329 g/mol. The first-order valence-electron chi connectivity index (χ1n) is 8.46. The largest absolute Gasteiger partial charge is 0.341 e. The van der Waals surface area contributed by atoms with Gasteiger partial charge in [0, 0.05) is 32.6 Å². The van der Waals surface area contributed by atoms with Crippen LogP contribution in [0.15, 0.2) is 30.3 Å². The first-order valence-corrected chi connectivity index (χ1v) is 8.46. The topological polar surface area (TPSA) is 60.9 Å². The summed E-state index contributed by atoms with van der Waals surface area (Å²) in [6, 6.07) is 9.20. The maximum atomic E-state index is 12.6. The Bertz CT molecular complexity index is 632. The maximum absolute atomic E-state index is 12.6. The fourth-order valence-electron chi connectivity index (χ4n) is 3.37. The van der Waals surface area contributed by atoms with Crippen LogP contribution in [0.25, 0.3) is 0 Å². The van der Waals surface area contributed by atoms with E-state index in [1.54, 1.807) is 21.6 Å². The van der Waals surface area contributed by atoms with Gasteiger partial charge in [0.15, 0.2) is 0 Å². The van der Waals surface area contributed by atoms with Gasteiger partial charge in [-0.05, 0) is 18.9 Å². The standard InChI is InChI=1S/C18H23N3O3/c1-14-18(24)20(12-15-6-3-2-4-7-15)13-17(23)21(14)11-10-19-9-5-8-16(19)22/h2-4,6-7,14H,5,8-13H2,1H3/t14-/m1/s1. The van der Waals surface area contributed by atoms with E-state index in [4.69, 9.17) is 0 Å². The van der Waals surface area contributed by atoms with E-state index in [0.29, 0.717) is 26.1 Å². The second-order valence-electron chi connectivity index (χ2n) is 6.43. The second-order valence-corrected chi connectivity index (χ2v) is 6.43. The second kappa shape index (κ2) is 7.03. The van der Waals surface area contributed by atoms with Gasteiger partial charge in [-0.25, -0.2) is 0 Å². The summed E-state index contributed by atoms with van der Waals surface area (Å²) >= 11 is 0. The Hall–Kier alpha value is -2.37. The highest BCUT2D eigenvalue weighted by Gasteiger charge is 2.36. The van der Waals surface area contributed by atoms with Gasteiger partial charge in [-0.2, -0.15) is 0 Å². The summed E-state index contributed by atoms with van der Waals surface area (Å²) in [5, 5.41) is 0. The third-order valence-electron chi connectivity index (χ3n) is 4.78. The van der Waals surface area contributed by atoms with Crippen LogP contribution in [0, 0.1) is 0 Å².